The first kappa shape index (κ1) is 27.5. The molecule has 1 aromatic heterocycles. The average Bonchev–Trinajstić information content (AvgIpc) is 3.37. The van der Waals surface area contributed by atoms with E-state index in [1.54, 1.807) is 25.3 Å². The van der Waals surface area contributed by atoms with E-state index in [0.717, 1.165) is 11.4 Å². The molecule has 4 aromatic rings. The molecular weight excluding hydrogens is 518 g/mol. The van der Waals surface area contributed by atoms with Gasteiger partial charge in [0.2, 0.25) is 11.8 Å². The second-order valence-electron chi connectivity index (χ2n) is 8.38. The molecule has 2 amide bonds. The van der Waals surface area contributed by atoms with Gasteiger partial charge in [0.05, 0.1) is 25.7 Å². The van der Waals surface area contributed by atoms with E-state index < -0.39 is 6.10 Å². The third-order valence-corrected chi connectivity index (χ3v) is 6.46. The Kier molecular flexibility index (Phi) is 9.06. The Morgan fingerprint density at radius 3 is 2.31 bits per heavy atom. The zero-order valence-electron chi connectivity index (χ0n) is 22.0. The summed E-state index contributed by atoms with van der Waals surface area (Å²) in [6.07, 6.45) is -0.430. The first-order valence-electron chi connectivity index (χ1n) is 12.1. The van der Waals surface area contributed by atoms with E-state index in [1.165, 1.54) is 25.8 Å². The number of para-hydroxylation sites is 1. The van der Waals surface area contributed by atoms with Gasteiger partial charge in [-0.1, -0.05) is 30.0 Å². The smallest absolute Gasteiger partial charge is 0.234 e. The number of rotatable bonds is 11. The fraction of sp³-hybridized carbons (Fsp3) is 0.214. The summed E-state index contributed by atoms with van der Waals surface area (Å²) < 4.78 is 18.5. The van der Waals surface area contributed by atoms with Crippen LogP contribution in [0.1, 0.15) is 25.8 Å². The summed E-state index contributed by atoms with van der Waals surface area (Å²) in [6, 6.07) is 22.0. The number of aromatic nitrogens is 3. The van der Waals surface area contributed by atoms with Gasteiger partial charge >= 0.3 is 0 Å². The van der Waals surface area contributed by atoms with Gasteiger partial charge in [-0.3, -0.25) is 14.2 Å². The highest BCUT2D eigenvalue weighted by atomic mass is 32.2. The number of ether oxygens (including phenoxy) is 3. The van der Waals surface area contributed by atoms with Gasteiger partial charge in [0.1, 0.15) is 17.2 Å². The van der Waals surface area contributed by atoms with Crippen molar-refractivity contribution in [3.63, 3.8) is 0 Å². The lowest BCUT2D eigenvalue weighted by Crippen LogP contribution is -2.16. The van der Waals surface area contributed by atoms with Crippen LogP contribution in [-0.4, -0.2) is 46.6 Å². The number of thioether (sulfide) groups is 1. The molecule has 0 bridgehead atoms. The number of methoxy groups -OCH3 is 2. The molecular formula is C28H29N5O5S. The fourth-order valence-corrected chi connectivity index (χ4v) is 4.53. The molecule has 0 aliphatic carbocycles. The Labute approximate surface area is 230 Å². The highest BCUT2D eigenvalue weighted by molar-refractivity contribution is 7.99. The predicted molar refractivity (Wildman–Crippen MR) is 150 cm³/mol. The normalized spacial score (nSPS) is 11.4. The minimum Gasteiger partial charge on any atom is -0.497 e. The Hall–Kier alpha value is -4.51. The molecule has 2 N–H and O–H groups in total. The molecule has 10 nitrogen and oxygen atoms in total. The van der Waals surface area contributed by atoms with Gasteiger partial charge in [-0.2, -0.15) is 0 Å². The van der Waals surface area contributed by atoms with E-state index in [4.69, 9.17) is 14.2 Å². The molecule has 202 valence electrons. The van der Waals surface area contributed by atoms with Crippen molar-refractivity contribution >= 4 is 35.0 Å². The molecule has 0 saturated heterocycles. The van der Waals surface area contributed by atoms with Gasteiger partial charge in [-0.15, -0.1) is 10.2 Å². The summed E-state index contributed by atoms with van der Waals surface area (Å²) in [7, 11) is 3.12. The molecule has 0 radical (unpaired) electrons. The van der Waals surface area contributed by atoms with Gasteiger partial charge < -0.3 is 24.8 Å². The predicted octanol–water partition coefficient (Wildman–Crippen LogP) is 5.11. The molecule has 1 atom stereocenters. The number of hydrogen-bond donors (Lipinski definition) is 2. The van der Waals surface area contributed by atoms with Gasteiger partial charge in [0, 0.05) is 18.3 Å². The van der Waals surface area contributed by atoms with Crippen molar-refractivity contribution in [1.29, 1.82) is 0 Å². The lowest BCUT2D eigenvalue weighted by atomic mass is 10.2. The lowest BCUT2D eigenvalue weighted by Gasteiger charge is -2.17. The number of anilines is 2. The Morgan fingerprint density at radius 2 is 1.64 bits per heavy atom. The molecule has 1 unspecified atom stereocenters. The van der Waals surface area contributed by atoms with Crippen molar-refractivity contribution in [3.05, 3.63) is 78.6 Å². The quantitative estimate of drug-likeness (QED) is 0.249. The maximum absolute atomic E-state index is 12.8. The van der Waals surface area contributed by atoms with Crippen molar-refractivity contribution < 1.29 is 23.8 Å². The molecule has 4 rings (SSSR count). The van der Waals surface area contributed by atoms with Crippen molar-refractivity contribution in [1.82, 2.24) is 14.8 Å². The number of nitrogens with one attached hydrogen (secondary N) is 2. The second kappa shape index (κ2) is 12.8. The van der Waals surface area contributed by atoms with Crippen LogP contribution in [0.15, 0.2) is 78.0 Å². The van der Waals surface area contributed by atoms with Crippen LogP contribution < -0.4 is 24.8 Å². The van der Waals surface area contributed by atoms with Gasteiger partial charge in [0.15, 0.2) is 17.1 Å². The highest BCUT2D eigenvalue weighted by Crippen LogP contribution is 2.30. The molecule has 3 aromatic carbocycles. The van der Waals surface area contributed by atoms with Crippen LogP contribution in [0.4, 0.5) is 11.4 Å². The molecule has 0 saturated carbocycles. The zero-order valence-corrected chi connectivity index (χ0v) is 22.8. The first-order chi connectivity index (χ1) is 18.9. The highest BCUT2D eigenvalue weighted by Gasteiger charge is 2.22. The standard InChI is InChI=1S/C28H29N5O5S/c1-18(38-23-13-11-22(36-3)12-14-23)27-31-32-28(33(27)21-8-6-5-7-9-21)39-17-26(35)30-20-10-15-25(37-4)24(16-20)29-19(2)34/h5-16,18H,17H2,1-4H3,(H,29,34)(H,30,35). The van der Waals surface area contributed by atoms with Crippen molar-refractivity contribution in [3.8, 4) is 22.9 Å². The summed E-state index contributed by atoms with van der Waals surface area (Å²) in [4.78, 5) is 24.3. The molecule has 39 heavy (non-hydrogen) atoms. The number of carbonyl (C=O) groups excluding carboxylic acids is 2. The minimum absolute atomic E-state index is 0.0835. The van der Waals surface area contributed by atoms with E-state index in [-0.39, 0.29) is 17.6 Å². The van der Waals surface area contributed by atoms with E-state index >= 15 is 0 Å². The van der Waals surface area contributed by atoms with E-state index in [9.17, 15) is 9.59 Å². The third-order valence-electron chi connectivity index (χ3n) is 5.53. The van der Waals surface area contributed by atoms with Crippen molar-refractivity contribution in [2.45, 2.75) is 25.1 Å². The molecule has 11 heteroatoms. The maximum Gasteiger partial charge on any atom is 0.234 e. The van der Waals surface area contributed by atoms with Crippen LogP contribution in [0.2, 0.25) is 0 Å². The molecule has 1 heterocycles. The Morgan fingerprint density at radius 1 is 0.923 bits per heavy atom. The van der Waals surface area contributed by atoms with Crippen molar-refractivity contribution in [2.24, 2.45) is 0 Å². The zero-order chi connectivity index (χ0) is 27.8. The molecule has 0 spiro atoms. The SMILES string of the molecule is COc1ccc(OC(C)c2nnc(SCC(=O)Nc3ccc(OC)c(NC(C)=O)c3)n2-c2ccccc2)cc1. The fourth-order valence-electron chi connectivity index (χ4n) is 3.77. The summed E-state index contributed by atoms with van der Waals surface area (Å²) in [5.41, 5.74) is 1.84. The van der Waals surface area contributed by atoms with Gasteiger partial charge in [-0.25, -0.2) is 0 Å². The van der Waals surface area contributed by atoms with Crippen LogP contribution in [0.3, 0.4) is 0 Å². The largest absolute Gasteiger partial charge is 0.497 e. The molecule has 0 fully saturated rings. The average molecular weight is 548 g/mol. The monoisotopic (exact) mass is 547 g/mol. The summed E-state index contributed by atoms with van der Waals surface area (Å²) in [5, 5.41) is 14.9. The minimum atomic E-state index is -0.430. The topological polar surface area (TPSA) is 117 Å². The lowest BCUT2D eigenvalue weighted by molar-refractivity contribution is -0.114. The first-order valence-corrected chi connectivity index (χ1v) is 13.1. The van der Waals surface area contributed by atoms with E-state index in [2.05, 4.69) is 20.8 Å². The van der Waals surface area contributed by atoms with Crippen LogP contribution in [0, 0.1) is 0 Å². The van der Waals surface area contributed by atoms with Crippen LogP contribution in [-0.2, 0) is 9.59 Å². The number of carbonyl (C=O) groups is 2. The van der Waals surface area contributed by atoms with Gasteiger partial charge in [-0.05, 0) is 61.5 Å². The second-order valence-corrected chi connectivity index (χ2v) is 9.32. The third kappa shape index (κ3) is 7.08. The van der Waals surface area contributed by atoms with Gasteiger partial charge in [0.25, 0.3) is 0 Å². The summed E-state index contributed by atoms with van der Waals surface area (Å²) >= 11 is 1.25. The van der Waals surface area contributed by atoms with Crippen LogP contribution >= 0.6 is 11.8 Å². The van der Waals surface area contributed by atoms with E-state index in [1.807, 2.05) is 66.1 Å². The number of nitrogens with zero attached hydrogens (tertiary/aromatic N) is 3. The number of benzene rings is 3. The molecule has 0 aliphatic rings. The van der Waals surface area contributed by atoms with Crippen LogP contribution in [0.25, 0.3) is 5.69 Å². The van der Waals surface area contributed by atoms with E-state index in [0.29, 0.717) is 33.9 Å². The Bertz CT molecular complexity index is 1430. The number of amides is 2. The summed E-state index contributed by atoms with van der Waals surface area (Å²) in [6.45, 7) is 3.30. The maximum atomic E-state index is 12.8. The van der Waals surface area contributed by atoms with Crippen molar-refractivity contribution in [2.75, 3.05) is 30.6 Å². The van der Waals surface area contributed by atoms with Crippen LogP contribution in [0.5, 0.6) is 17.2 Å². The summed E-state index contributed by atoms with van der Waals surface area (Å²) in [5.74, 6) is 2.08. The number of hydrogen-bond acceptors (Lipinski definition) is 8. The molecule has 0 aliphatic heterocycles. The Balaban J connectivity index is 1.50.